The van der Waals surface area contributed by atoms with E-state index in [2.05, 4.69) is 50.5 Å². The van der Waals surface area contributed by atoms with E-state index in [1.165, 1.54) is 16.6 Å². The van der Waals surface area contributed by atoms with Crippen molar-refractivity contribution < 1.29 is 0 Å². The Kier molecular flexibility index (Phi) is 17.0. The first-order valence-corrected chi connectivity index (χ1v) is 12.3. The van der Waals surface area contributed by atoms with Crippen LogP contribution in [0.15, 0.2) is 0 Å². The van der Waals surface area contributed by atoms with E-state index in [1.54, 1.807) is 0 Å². The Bertz CT molecular complexity index is 140. The van der Waals surface area contributed by atoms with E-state index < -0.39 is 0 Å². The third-order valence-corrected chi connectivity index (χ3v) is 10.2. The largest absolute Gasteiger partial charge is 0.235 e. The highest BCUT2D eigenvalue weighted by atomic mass is 32.3. The predicted molar refractivity (Wildman–Crippen MR) is 107 cm³/mol. The quantitative estimate of drug-likeness (QED) is 0.263. The molecule has 0 saturated heterocycles. The maximum Gasteiger partial charge on any atom is 0.0218 e. The Labute approximate surface area is 140 Å². The molecule has 0 bridgehead atoms. The van der Waals surface area contributed by atoms with Crippen molar-refractivity contribution in [2.24, 2.45) is 5.92 Å². The molecule has 0 spiro atoms. The Balaban J connectivity index is 3.77. The molecule has 106 valence electrons. The van der Waals surface area contributed by atoms with E-state index in [0.717, 1.165) is 39.8 Å². The SMILES string of the molecule is SCCSCC(CS)C[SH](CS)CSCCS. The minimum Gasteiger partial charge on any atom is -0.235 e. The van der Waals surface area contributed by atoms with Gasteiger partial charge in [-0.25, -0.2) is 10.9 Å². The van der Waals surface area contributed by atoms with Crippen molar-refractivity contribution in [2.45, 2.75) is 0 Å². The average Bonchev–Trinajstić information content (AvgIpc) is 2.36. The summed E-state index contributed by atoms with van der Waals surface area (Å²) in [6.07, 6.45) is 0. The molecule has 0 aromatic rings. The highest BCUT2D eigenvalue weighted by Crippen LogP contribution is 2.34. The van der Waals surface area contributed by atoms with E-state index in [0.29, 0.717) is 0 Å². The lowest BCUT2D eigenvalue weighted by Crippen LogP contribution is -2.13. The van der Waals surface area contributed by atoms with Crippen LogP contribution in [0.4, 0.5) is 0 Å². The van der Waals surface area contributed by atoms with Crippen molar-refractivity contribution in [3.8, 4) is 0 Å². The van der Waals surface area contributed by atoms with Crippen molar-refractivity contribution in [3.63, 3.8) is 0 Å². The molecule has 0 aliphatic carbocycles. The standard InChI is InChI=1S/C10H24S7/c11-1-3-15-6-10(5-13)7-17(8-14)9-16-4-2-12/h10-14,17H,1-9H2. The molecule has 2 unspecified atom stereocenters. The van der Waals surface area contributed by atoms with E-state index >= 15 is 0 Å². The Hall–Kier alpha value is 2.45. The van der Waals surface area contributed by atoms with E-state index in [9.17, 15) is 0 Å². The van der Waals surface area contributed by atoms with Gasteiger partial charge in [0.25, 0.3) is 0 Å². The van der Waals surface area contributed by atoms with E-state index in [-0.39, 0.29) is 10.9 Å². The minimum absolute atomic E-state index is 0.0758. The Morgan fingerprint density at radius 1 is 0.941 bits per heavy atom. The maximum atomic E-state index is 4.49. The van der Waals surface area contributed by atoms with Gasteiger partial charge in [0.15, 0.2) is 0 Å². The summed E-state index contributed by atoms with van der Waals surface area (Å²) in [5.41, 5.74) is 0. The van der Waals surface area contributed by atoms with Gasteiger partial charge in [0, 0.05) is 21.7 Å². The van der Waals surface area contributed by atoms with Crippen LogP contribution in [0.25, 0.3) is 0 Å². The zero-order valence-electron chi connectivity index (χ0n) is 9.99. The second-order valence-corrected chi connectivity index (χ2v) is 10.7. The Morgan fingerprint density at radius 3 is 2.12 bits per heavy atom. The maximum absolute atomic E-state index is 4.49. The molecule has 0 heterocycles. The summed E-state index contributed by atoms with van der Waals surface area (Å²) in [5.74, 6) is 8.57. The van der Waals surface area contributed by atoms with Gasteiger partial charge < -0.3 is 0 Å². The molecule has 0 nitrogen and oxygen atoms in total. The van der Waals surface area contributed by atoms with Crippen LogP contribution in [-0.4, -0.2) is 50.4 Å². The lowest BCUT2D eigenvalue weighted by atomic mass is 10.3. The molecule has 7 heteroatoms. The third kappa shape index (κ3) is 11.9. The molecule has 0 N–H and O–H groups in total. The minimum atomic E-state index is 0.0758. The average molecular weight is 369 g/mol. The fraction of sp³-hybridized carbons (Fsp3) is 1.00. The summed E-state index contributed by atoms with van der Waals surface area (Å²) in [6.45, 7) is 0. The van der Waals surface area contributed by atoms with Crippen molar-refractivity contribution in [3.05, 3.63) is 0 Å². The van der Waals surface area contributed by atoms with Crippen molar-refractivity contribution in [1.29, 1.82) is 0 Å². The molecule has 0 radical (unpaired) electrons. The van der Waals surface area contributed by atoms with Gasteiger partial charge in [0.2, 0.25) is 0 Å². The first-order valence-electron chi connectivity index (χ1n) is 5.59. The fourth-order valence-corrected chi connectivity index (χ4v) is 8.31. The predicted octanol–water partition coefficient (Wildman–Crippen LogP) is 3.70. The van der Waals surface area contributed by atoms with Gasteiger partial charge in [-0.05, 0) is 34.7 Å². The van der Waals surface area contributed by atoms with Crippen LogP contribution in [0.5, 0.6) is 0 Å². The molecule has 0 aliphatic heterocycles. The number of hydrogen-bond donors (Lipinski definition) is 5. The second-order valence-electron chi connectivity index (χ2n) is 3.60. The lowest BCUT2D eigenvalue weighted by Gasteiger charge is -2.24. The highest BCUT2D eigenvalue weighted by Gasteiger charge is 2.12. The third-order valence-electron chi connectivity index (χ3n) is 2.07. The molecule has 0 aliphatic rings. The molecule has 0 saturated carbocycles. The van der Waals surface area contributed by atoms with Gasteiger partial charge in [-0.15, -0.1) is 0 Å². The van der Waals surface area contributed by atoms with Crippen molar-refractivity contribution in [1.82, 2.24) is 0 Å². The number of thiol groups is 5. The molecule has 2 atom stereocenters. The smallest absolute Gasteiger partial charge is 0.0218 e. The van der Waals surface area contributed by atoms with Crippen molar-refractivity contribution in [2.75, 3.05) is 50.4 Å². The molecular formula is C10H24S7. The summed E-state index contributed by atoms with van der Waals surface area (Å²) in [4.78, 5) is 0. The molecular weight excluding hydrogens is 345 g/mol. The van der Waals surface area contributed by atoms with Gasteiger partial charge in [0.1, 0.15) is 0 Å². The lowest BCUT2D eigenvalue weighted by molar-refractivity contribution is 0.779. The normalized spacial score (nSPS) is 15.9. The number of rotatable bonds is 12. The van der Waals surface area contributed by atoms with Crippen molar-refractivity contribution >= 4 is 84.9 Å². The van der Waals surface area contributed by atoms with Gasteiger partial charge in [0.05, 0.1) is 0 Å². The Morgan fingerprint density at radius 2 is 1.59 bits per heavy atom. The molecule has 0 rings (SSSR count). The van der Waals surface area contributed by atoms with E-state index in [1.807, 2.05) is 23.5 Å². The number of hydrogen-bond acceptors (Lipinski definition) is 6. The topological polar surface area (TPSA) is 0 Å². The van der Waals surface area contributed by atoms with Crippen LogP contribution in [0, 0.1) is 5.92 Å². The summed E-state index contributed by atoms with van der Waals surface area (Å²) in [5, 5.41) is 2.33. The van der Waals surface area contributed by atoms with E-state index in [4.69, 9.17) is 0 Å². The molecule has 17 heavy (non-hydrogen) atoms. The molecule has 0 fully saturated rings. The fourth-order valence-electron chi connectivity index (χ4n) is 1.25. The molecule has 0 aromatic heterocycles. The summed E-state index contributed by atoms with van der Waals surface area (Å²) in [6, 6.07) is 0. The first kappa shape index (κ1) is 19.4. The molecule has 0 amide bonds. The van der Waals surface area contributed by atoms with Crippen LogP contribution in [0.1, 0.15) is 0 Å². The first-order chi connectivity index (χ1) is 8.28. The van der Waals surface area contributed by atoms with Crippen LogP contribution in [0.2, 0.25) is 0 Å². The van der Waals surface area contributed by atoms with Crippen LogP contribution in [0.3, 0.4) is 0 Å². The van der Waals surface area contributed by atoms with Crippen LogP contribution < -0.4 is 0 Å². The van der Waals surface area contributed by atoms with Gasteiger partial charge in [-0.2, -0.15) is 74.0 Å². The van der Waals surface area contributed by atoms with Crippen LogP contribution >= 0.6 is 84.9 Å². The zero-order chi connectivity index (χ0) is 12.9. The second kappa shape index (κ2) is 14.9. The summed E-state index contributed by atoms with van der Waals surface area (Å²) < 4.78 is 0. The summed E-state index contributed by atoms with van der Waals surface area (Å²) in [7, 11) is 0.0758. The van der Waals surface area contributed by atoms with Gasteiger partial charge >= 0.3 is 0 Å². The summed E-state index contributed by atoms with van der Waals surface area (Å²) >= 11 is 21.5. The molecule has 0 aromatic carbocycles. The number of thioether (sulfide) groups is 2. The highest BCUT2D eigenvalue weighted by molar-refractivity contribution is 8.30. The monoisotopic (exact) mass is 368 g/mol. The van der Waals surface area contributed by atoms with Crippen LogP contribution in [-0.2, 0) is 0 Å². The zero-order valence-corrected chi connectivity index (χ0v) is 16.1. The van der Waals surface area contributed by atoms with Gasteiger partial charge in [-0.3, -0.25) is 0 Å². The van der Waals surface area contributed by atoms with Gasteiger partial charge in [-0.1, -0.05) is 0 Å².